The minimum atomic E-state index is -0.463. The molecule has 1 aliphatic heterocycles. The molecule has 0 amide bonds. The topological polar surface area (TPSA) is 32.7 Å². The van der Waals surface area contributed by atoms with Gasteiger partial charge in [-0.3, -0.25) is 0 Å². The molecule has 0 radical (unpaired) electrons. The fourth-order valence-corrected chi connectivity index (χ4v) is 2.64. The van der Waals surface area contributed by atoms with Crippen molar-refractivity contribution in [3.8, 4) is 11.5 Å². The predicted octanol–water partition coefficient (Wildman–Crippen LogP) is 3.35. The van der Waals surface area contributed by atoms with Crippen molar-refractivity contribution in [1.82, 2.24) is 4.90 Å². The van der Waals surface area contributed by atoms with Gasteiger partial charge in [0.1, 0.15) is 0 Å². The smallest absolute Gasteiger partial charge is 0.196 e. The van der Waals surface area contributed by atoms with Crippen LogP contribution in [-0.4, -0.2) is 36.2 Å². The van der Waals surface area contributed by atoms with Gasteiger partial charge in [0.2, 0.25) is 0 Å². The second kappa shape index (κ2) is 7.48. The number of phenolic OH excluding ortho intramolecular Hbond substituents is 1. The first-order valence-electron chi connectivity index (χ1n) is 7.57. The minimum Gasteiger partial charge on any atom is -0.504 e. The van der Waals surface area contributed by atoms with Crippen molar-refractivity contribution >= 4 is 0 Å². The van der Waals surface area contributed by atoms with Gasteiger partial charge in [0.05, 0.1) is 6.61 Å². The van der Waals surface area contributed by atoms with E-state index in [1.54, 1.807) is 6.07 Å². The lowest BCUT2D eigenvalue weighted by atomic mass is 10.1. The molecule has 4 heteroatoms. The summed E-state index contributed by atoms with van der Waals surface area (Å²) in [6, 6.07) is 3.10. The number of rotatable bonds is 7. The molecule has 20 heavy (non-hydrogen) atoms. The Bertz CT molecular complexity index is 407. The van der Waals surface area contributed by atoms with Gasteiger partial charge in [0, 0.05) is 0 Å². The molecule has 3 nitrogen and oxygen atoms in total. The third-order valence-corrected chi connectivity index (χ3v) is 3.67. The highest BCUT2D eigenvalue weighted by Crippen LogP contribution is 2.31. The van der Waals surface area contributed by atoms with Crippen molar-refractivity contribution in [2.45, 2.75) is 39.0 Å². The van der Waals surface area contributed by atoms with E-state index < -0.39 is 5.82 Å². The van der Waals surface area contributed by atoms with Crippen molar-refractivity contribution in [2.24, 2.45) is 0 Å². The second-order valence-electron chi connectivity index (χ2n) is 5.43. The van der Waals surface area contributed by atoms with Crippen molar-refractivity contribution in [2.75, 3.05) is 26.2 Å². The predicted molar refractivity (Wildman–Crippen MR) is 77.8 cm³/mol. The summed E-state index contributed by atoms with van der Waals surface area (Å²) in [4.78, 5) is 2.44. The first-order chi connectivity index (χ1) is 9.70. The molecule has 1 N–H and O–H groups in total. The van der Waals surface area contributed by atoms with Crippen molar-refractivity contribution in [1.29, 1.82) is 0 Å². The van der Waals surface area contributed by atoms with Crippen LogP contribution in [0.4, 0.5) is 4.39 Å². The van der Waals surface area contributed by atoms with Crippen LogP contribution in [0.5, 0.6) is 11.5 Å². The zero-order chi connectivity index (χ0) is 14.4. The second-order valence-corrected chi connectivity index (χ2v) is 5.43. The van der Waals surface area contributed by atoms with Gasteiger partial charge in [-0.2, -0.15) is 0 Å². The average molecular weight is 281 g/mol. The summed E-state index contributed by atoms with van der Waals surface area (Å²) >= 11 is 0. The van der Waals surface area contributed by atoms with Gasteiger partial charge in [0.15, 0.2) is 17.3 Å². The summed E-state index contributed by atoms with van der Waals surface area (Å²) in [5.41, 5.74) is 0.836. The van der Waals surface area contributed by atoms with Crippen LogP contribution in [-0.2, 0) is 6.42 Å². The molecule has 2 rings (SSSR count). The normalized spacial score (nSPS) is 15.7. The molecule has 0 unspecified atom stereocenters. The number of hydrogen-bond donors (Lipinski definition) is 1. The zero-order valence-corrected chi connectivity index (χ0v) is 12.2. The van der Waals surface area contributed by atoms with E-state index in [-0.39, 0.29) is 11.5 Å². The quantitative estimate of drug-likeness (QED) is 0.832. The maximum atomic E-state index is 13.9. The Kier molecular flexibility index (Phi) is 5.65. The van der Waals surface area contributed by atoms with Gasteiger partial charge in [-0.1, -0.05) is 6.92 Å². The van der Waals surface area contributed by atoms with E-state index in [2.05, 4.69) is 4.90 Å². The van der Waals surface area contributed by atoms with E-state index in [9.17, 15) is 9.50 Å². The van der Waals surface area contributed by atoms with Crippen LogP contribution < -0.4 is 4.74 Å². The fraction of sp³-hybridized carbons (Fsp3) is 0.625. The van der Waals surface area contributed by atoms with Crippen molar-refractivity contribution in [3.05, 3.63) is 23.5 Å². The third-order valence-electron chi connectivity index (χ3n) is 3.67. The highest BCUT2D eigenvalue weighted by Gasteiger charge is 2.13. The molecule has 1 aromatic rings. The van der Waals surface area contributed by atoms with Crippen LogP contribution >= 0.6 is 0 Å². The van der Waals surface area contributed by atoms with Crippen LogP contribution in [0.25, 0.3) is 0 Å². The third kappa shape index (κ3) is 4.10. The Balaban J connectivity index is 1.88. The standard InChI is InChI=1S/C16H24FNO2/c1-2-10-20-16-14(17)11-13(12-15(16)19)6-5-9-18-7-3-4-8-18/h11-12,19H,2-10H2,1H3. The molecule has 0 spiro atoms. The molecule has 0 atom stereocenters. The fourth-order valence-electron chi connectivity index (χ4n) is 2.64. The maximum absolute atomic E-state index is 13.9. The van der Waals surface area contributed by atoms with E-state index >= 15 is 0 Å². The summed E-state index contributed by atoms with van der Waals surface area (Å²) < 4.78 is 19.1. The van der Waals surface area contributed by atoms with Gasteiger partial charge in [-0.05, 0) is 69.4 Å². The van der Waals surface area contributed by atoms with Crippen LogP contribution in [0.3, 0.4) is 0 Å². The van der Waals surface area contributed by atoms with E-state index in [0.717, 1.165) is 31.4 Å². The molecule has 1 saturated heterocycles. The molecule has 112 valence electrons. The number of aromatic hydroxyl groups is 1. The van der Waals surface area contributed by atoms with Crippen LogP contribution in [0.15, 0.2) is 12.1 Å². The lowest BCUT2D eigenvalue weighted by molar-refractivity contribution is 0.283. The highest BCUT2D eigenvalue weighted by atomic mass is 19.1. The maximum Gasteiger partial charge on any atom is 0.196 e. The molecule has 1 heterocycles. The number of likely N-dealkylation sites (tertiary alicyclic amines) is 1. The number of ether oxygens (including phenoxy) is 1. The van der Waals surface area contributed by atoms with Crippen molar-refractivity contribution in [3.63, 3.8) is 0 Å². The van der Waals surface area contributed by atoms with E-state index in [1.165, 1.54) is 32.0 Å². The van der Waals surface area contributed by atoms with Gasteiger partial charge in [-0.25, -0.2) is 4.39 Å². The Hall–Kier alpha value is -1.29. The summed E-state index contributed by atoms with van der Waals surface area (Å²) in [6.07, 6.45) is 5.15. The van der Waals surface area contributed by atoms with Gasteiger partial charge >= 0.3 is 0 Å². The number of halogens is 1. The van der Waals surface area contributed by atoms with Gasteiger partial charge in [-0.15, -0.1) is 0 Å². The van der Waals surface area contributed by atoms with E-state index in [4.69, 9.17) is 4.74 Å². The monoisotopic (exact) mass is 281 g/mol. The van der Waals surface area contributed by atoms with Crippen LogP contribution in [0.2, 0.25) is 0 Å². The summed E-state index contributed by atoms with van der Waals surface area (Å²) in [5.74, 6) is -0.570. The van der Waals surface area contributed by atoms with E-state index in [0.29, 0.717) is 6.61 Å². The molecule has 0 saturated carbocycles. The molecule has 1 aliphatic rings. The largest absolute Gasteiger partial charge is 0.504 e. The average Bonchev–Trinajstić information content (AvgIpc) is 2.91. The Morgan fingerprint density at radius 1 is 1.30 bits per heavy atom. The highest BCUT2D eigenvalue weighted by molar-refractivity contribution is 5.43. The zero-order valence-electron chi connectivity index (χ0n) is 12.2. The molecular formula is C16H24FNO2. The first kappa shape index (κ1) is 15.1. The number of nitrogens with zero attached hydrogens (tertiary/aromatic N) is 1. The minimum absolute atomic E-state index is 0.0184. The lowest BCUT2D eigenvalue weighted by Gasteiger charge is -2.14. The van der Waals surface area contributed by atoms with Crippen LogP contribution in [0, 0.1) is 5.82 Å². The molecular weight excluding hydrogens is 257 g/mol. The molecule has 1 aromatic carbocycles. The Labute approximate surface area is 120 Å². The molecule has 0 aliphatic carbocycles. The molecule has 0 aromatic heterocycles. The Morgan fingerprint density at radius 2 is 2.05 bits per heavy atom. The number of hydrogen-bond acceptors (Lipinski definition) is 3. The number of aryl methyl sites for hydroxylation is 1. The molecule has 1 fully saturated rings. The van der Waals surface area contributed by atoms with E-state index in [1.807, 2.05) is 6.92 Å². The Morgan fingerprint density at radius 3 is 2.70 bits per heavy atom. The van der Waals surface area contributed by atoms with Gasteiger partial charge < -0.3 is 14.7 Å². The lowest BCUT2D eigenvalue weighted by Crippen LogP contribution is -2.20. The number of benzene rings is 1. The van der Waals surface area contributed by atoms with Crippen molar-refractivity contribution < 1.29 is 14.2 Å². The van der Waals surface area contributed by atoms with Gasteiger partial charge in [0.25, 0.3) is 0 Å². The summed E-state index contributed by atoms with van der Waals surface area (Å²) in [5, 5.41) is 9.83. The SMILES string of the molecule is CCCOc1c(O)cc(CCCN2CCCC2)cc1F. The summed E-state index contributed by atoms with van der Waals surface area (Å²) in [7, 11) is 0. The summed E-state index contributed by atoms with van der Waals surface area (Å²) in [6.45, 7) is 5.78. The molecule has 0 bridgehead atoms. The first-order valence-corrected chi connectivity index (χ1v) is 7.57. The number of phenols is 1. The van der Waals surface area contributed by atoms with Crippen LogP contribution in [0.1, 0.15) is 38.2 Å².